The monoisotopic (exact) mass is 345 g/mol. The quantitative estimate of drug-likeness (QED) is 0.569. The summed E-state index contributed by atoms with van der Waals surface area (Å²) in [6.45, 7) is 6.04. The van der Waals surface area contributed by atoms with Crippen LogP contribution in [0.25, 0.3) is 11.0 Å². The van der Waals surface area contributed by atoms with Crippen LogP contribution in [0.4, 0.5) is 0 Å². The van der Waals surface area contributed by atoms with E-state index in [4.69, 9.17) is 9.15 Å². The average molecular weight is 345 g/mol. The van der Waals surface area contributed by atoms with Crippen LogP contribution in [0.5, 0.6) is 0 Å². The Morgan fingerprint density at radius 3 is 2.64 bits per heavy atom. The second-order valence-electron chi connectivity index (χ2n) is 5.80. The molecule has 0 aliphatic rings. The van der Waals surface area contributed by atoms with E-state index in [1.165, 1.54) is 4.90 Å². The summed E-state index contributed by atoms with van der Waals surface area (Å²) in [5.41, 5.74) is -0.262. The van der Waals surface area contributed by atoms with Gasteiger partial charge in [-0.1, -0.05) is 25.1 Å². The molecule has 0 radical (unpaired) electrons. The third-order valence-corrected chi connectivity index (χ3v) is 4.12. The fraction of sp³-hybridized carbons (Fsp3) is 0.421. The second-order valence-corrected chi connectivity index (χ2v) is 5.80. The Hall–Kier alpha value is -2.63. The second kappa shape index (κ2) is 8.46. The van der Waals surface area contributed by atoms with Gasteiger partial charge in [0.15, 0.2) is 0 Å². The van der Waals surface area contributed by atoms with Gasteiger partial charge in [0.25, 0.3) is 5.91 Å². The maximum absolute atomic E-state index is 12.9. The summed E-state index contributed by atoms with van der Waals surface area (Å²) in [4.78, 5) is 38.3. The van der Waals surface area contributed by atoms with Crippen LogP contribution in [0, 0.1) is 0 Å². The molecule has 0 fully saturated rings. The van der Waals surface area contributed by atoms with Gasteiger partial charge in [0.2, 0.25) is 0 Å². The van der Waals surface area contributed by atoms with E-state index in [9.17, 15) is 14.4 Å². The van der Waals surface area contributed by atoms with Crippen molar-refractivity contribution in [1.82, 2.24) is 4.90 Å². The molecule has 0 bridgehead atoms. The highest BCUT2D eigenvalue weighted by molar-refractivity contribution is 5.97. The average Bonchev–Trinajstić information content (AvgIpc) is 2.61. The molecule has 1 atom stereocenters. The molecule has 0 aliphatic carbocycles. The van der Waals surface area contributed by atoms with Crippen molar-refractivity contribution in [3.8, 4) is 0 Å². The minimum absolute atomic E-state index is 0.0251. The van der Waals surface area contributed by atoms with Gasteiger partial charge in [-0.15, -0.1) is 0 Å². The van der Waals surface area contributed by atoms with E-state index in [1.807, 2.05) is 19.9 Å². The van der Waals surface area contributed by atoms with Crippen molar-refractivity contribution in [3.63, 3.8) is 0 Å². The molecule has 6 nitrogen and oxygen atoms in total. The zero-order valence-corrected chi connectivity index (χ0v) is 14.8. The highest BCUT2D eigenvalue weighted by Crippen LogP contribution is 2.16. The summed E-state index contributed by atoms with van der Waals surface area (Å²) >= 11 is 0. The lowest BCUT2D eigenvalue weighted by Crippen LogP contribution is -2.41. The van der Waals surface area contributed by atoms with Gasteiger partial charge in [-0.3, -0.25) is 9.59 Å². The number of hydrogen-bond acceptors (Lipinski definition) is 5. The van der Waals surface area contributed by atoms with Crippen molar-refractivity contribution >= 4 is 22.8 Å². The van der Waals surface area contributed by atoms with Crippen LogP contribution >= 0.6 is 0 Å². The molecule has 0 spiro atoms. The van der Waals surface area contributed by atoms with E-state index >= 15 is 0 Å². The Morgan fingerprint density at radius 2 is 1.96 bits per heavy atom. The van der Waals surface area contributed by atoms with Crippen molar-refractivity contribution < 1.29 is 18.7 Å². The minimum Gasteiger partial charge on any atom is -0.466 e. The maximum atomic E-state index is 12.9. The Balaban J connectivity index is 2.30. The van der Waals surface area contributed by atoms with Crippen molar-refractivity contribution in [2.45, 2.75) is 39.7 Å². The number of fused-ring (bicyclic) bond motifs is 1. The number of benzene rings is 1. The number of ether oxygens (including phenoxy) is 1. The first-order valence-electron chi connectivity index (χ1n) is 8.47. The van der Waals surface area contributed by atoms with Crippen molar-refractivity contribution in [3.05, 3.63) is 46.3 Å². The molecule has 1 amide bonds. The molecule has 1 aromatic heterocycles. The van der Waals surface area contributed by atoms with Gasteiger partial charge < -0.3 is 14.1 Å². The third-order valence-electron chi connectivity index (χ3n) is 4.12. The van der Waals surface area contributed by atoms with Crippen molar-refractivity contribution in [2.75, 3.05) is 13.2 Å². The molecule has 2 rings (SSSR count). The molecular formula is C19H23NO5. The van der Waals surface area contributed by atoms with Crippen LogP contribution in [0.2, 0.25) is 0 Å². The first kappa shape index (κ1) is 18.7. The number of para-hydroxylation sites is 1. The molecule has 134 valence electrons. The highest BCUT2D eigenvalue weighted by Gasteiger charge is 2.24. The predicted octanol–water partition coefficient (Wildman–Crippen LogP) is 2.99. The Morgan fingerprint density at radius 1 is 1.24 bits per heavy atom. The van der Waals surface area contributed by atoms with Crippen LogP contribution in [0.15, 0.2) is 39.5 Å². The summed E-state index contributed by atoms with van der Waals surface area (Å²) < 4.78 is 10.2. The van der Waals surface area contributed by atoms with Crippen molar-refractivity contribution in [1.29, 1.82) is 0 Å². The molecule has 0 aliphatic heterocycles. The zero-order chi connectivity index (χ0) is 18.4. The van der Waals surface area contributed by atoms with Gasteiger partial charge >= 0.3 is 11.6 Å². The fourth-order valence-electron chi connectivity index (χ4n) is 2.55. The number of carbonyl (C=O) groups excluding carboxylic acids is 2. The highest BCUT2D eigenvalue weighted by atomic mass is 16.5. The van der Waals surface area contributed by atoms with Crippen LogP contribution in [0.1, 0.15) is 44.0 Å². The Kier molecular flexibility index (Phi) is 6.33. The number of rotatable bonds is 7. The standard InChI is InChI=1S/C19H23NO5/c1-4-13(3)20(11-10-17(21)24-5-2)18(22)15-12-14-8-6-7-9-16(14)25-19(15)23/h6-9,12-13H,4-5,10-11H2,1-3H3. The van der Waals surface area contributed by atoms with Crippen LogP contribution in [-0.2, 0) is 9.53 Å². The van der Waals surface area contributed by atoms with E-state index in [0.29, 0.717) is 24.0 Å². The van der Waals surface area contributed by atoms with E-state index in [0.717, 1.165) is 0 Å². The topological polar surface area (TPSA) is 76.8 Å². The van der Waals surface area contributed by atoms with Crippen LogP contribution < -0.4 is 5.63 Å². The van der Waals surface area contributed by atoms with E-state index in [-0.39, 0.29) is 30.5 Å². The molecule has 2 aromatic rings. The summed E-state index contributed by atoms with van der Waals surface area (Å²) in [6.07, 6.45) is 0.788. The smallest absolute Gasteiger partial charge is 0.349 e. The van der Waals surface area contributed by atoms with Gasteiger partial charge in [-0.05, 0) is 32.4 Å². The number of nitrogens with zero attached hydrogens (tertiary/aromatic N) is 1. The Labute approximate surface area is 146 Å². The molecular weight excluding hydrogens is 322 g/mol. The first-order chi connectivity index (χ1) is 12.0. The molecule has 6 heteroatoms. The molecule has 1 unspecified atom stereocenters. The lowest BCUT2D eigenvalue weighted by atomic mass is 10.1. The van der Waals surface area contributed by atoms with E-state index in [2.05, 4.69) is 0 Å². The normalized spacial score (nSPS) is 12.0. The summed E-state index contributed by atoms with van der Waals surface area (Å²) in [7, 11) is 0. The molecule has 0 saturated heterocycles. The predicted molar refractivity (Wildman–Crippen MR) is 94.5 cm³/mol. The fourth-order valence-corrected chi connectivity index (χ4v) is 2.55. The number of carbonyl (C=O) groups is 2. The van der Waals surface area contributed by atoms with Crippen LogP contribution in [-0.4, -0.2) is 36.0 Å². The van der Waals surface area contributed by atoms with E-state index < -0.39 is 11.5 Å². The van der Waals surface area contributed by atoms with Gasteiger partial charge in [-0.25, -0.2) is 4.79 Å². The van der Waals surface area contributed by atoms with Crippen LogP contribution in [0.3, 0.4) is 0 Å². The summed E-state index contributed by atoms with van der Waals surface area (Å²) in [5.74, 6) is -0.799. The van der Waals surface area contributed by atoms with Gasteiger partial charge in [0.1, 0.15) is 11.1 Å². The molecule has 25 heavy (non-hydrogen) atoms. The minimum atomic E-state index is -0.673. The number of esters is 1. The van der Waals surface area contributed by atoms with Gasteiger partial charge in [0, 0.05) is 18.0 Å². The lowest BCUT2D eigenvalue weighted by Gasteiger charge is -2.28. The zero-order valence-electron chi connectivity index (χ0n) is 14.8. The van der Waals surface area contributed by atoms with Gasteiger partial charge in [0.05, 0.1) is 13.0 Å². The summed E-state index contributed by atoms with van der Waals surface area (Å²) in [6, 6.07) is 8.46. The first-order valence-corrected chi connectivity index (χ1v) is 8.47. The number of hydrogen-bond donors (Lipinski definition) is 0. The van der Waals surface area contributed by atoms with Crippen molar-refractivity contribution in [2.24, 2.45) is 0 Å². The SMILES string of the molecule is CCOC(=O)CCN(C(=O)c1cc2ccccc2oc1=O)C(C)CC. The molecule has 1 aromatic carbocycles. The third kappa shape index (κ3) is 4.47. The van der Waals surface area contributed by atoms with Gasteiger partial charge in [-0.2, -0.15) is 0 Å². The molecule has 0 N–H and O–H groups in total. The maximum Gasteiger partial charge on any atom is 0.349 e. The summed E-state index contributed by atoms with van der Waals surface area (Å²) in [5, 5.41) is 0.681. The molecule has 1 heterocycles. The molecule has 0 saturated carbocycles. The van der Waals surface area contributed by atoms with E-state index in [1.54, 1.807) is 31.2 Å². The lowest BCUT2D eigenvalue weighted by molar-refractivity contribution is -0.143. The number of amides is 1. The Bertz CT molecular complexity index is 811. The largest absolute Gasteiger partial charge is 0.466 e.